The van der Waals surface area contributed by atoms with Crippen LogP contribution in [0.4, 0.5) is 0 Å². The van der Waals surface area contributed by atoms with Crippen LogP contribution in [0.3, 0.4) is 0 Å². The van der Waals surface area contributed by atoms with E-state index in [1.807, 2.05) is 0 Å². The molecule has 0 heterocycles. The molecule has 1 saturated carbocycles. The first-order valence-electron chi connectivity index (χ1n) is 5.83. The molecule has 0 aromatic carbocycles. The Hall–Kier alpha value is -0.0500. The Kier molecular flexibility index (Phi) is 4.63. The summed E-state index contributed by atoms with van der Waals surface area (Å²) < 4.78 is 0. The minimum Gasteiger partial charge on any atom is -0.353 e. The van der Waals surface area contributed by atoms with Gasteiger partial charge in [-0.15, -0.1) is 0 Å². The van der Waals surface area contributed by atoms with Gasteiger partial charge in [0, 0.05) is 17.3 Å². The molecule has 1 aliphatic carbocycles. The average molecular weight is 276 g/mol. The number of rotatable bonds is 4. The van der Waals surface area contributed by atoms with Crippen molar-refractivity contribution in [2.75, 3.05) is 5.33 Å². The summed E-state index contributed by atoms with van der Waals surface area (Å²) in [5.74, 6) is 0.473. The maximum absolute atomic E-state index is 12.0. The van der Waals surface area contributed by atoms with Crippen molar-refractivity contribution in [3.05, 3.63) is 0 Å². The molecule has 0 radical (unpaired) electrons. The fraction of sp³-hybridized carbons (Fsp3) is 0.917. The fourth-order valence-corrected chi connectivity index (χ4v) is 3.08. The quantitative estimate of drug-likeness (QED) is 0.785. The van der Waals surface area contributed by atoms with Crippen LogP contribution in [-0.2, 0) is 4.79 Å². The maximum Gasteiger partial charge on any atom is 0.223 e. The zero-order chi connectivity index (χ0) is 11.5. The number of carbonyl (C=O) groups is 1. The Morgan fingerprint density at radius 1 is 1.60 bits per heavy atom. The highest BCUT2D eigenvalue weighted by atomic mass is 79.9. The summed E-state index contributed by atoms with van der Waals surface area (Å²) in [5, 5.41) is 4.06. The van der Waals surface area contributed by atoms with E-state index in [9.17, 15) is 4.79 Å². The second-order valence-corrected chi connectivity index (χ2v) is 6.11. The van der Waals surface area contributed by atoms with Crippen molar-refractivity contribution in [2.24, 2.45) is 11.3 Å². The standard InChI is InChI=1S/C12H22BrNO/c1-9(6-8-13)14-11(15)10-5-4-7-12(10,2)3/h9-10H,4-8H2,1-3H3,(H,14,15). The fourth-order valence-electron chi connectivity index (χ4n) is 2.39. The summed E-state index contributed by atoms with van der Waals surface area (Å²) >= 11 is 3.39. The van der Waals surface area contributed by atoms with Gasteiger partial charge in [0.25, 0.3) is 0 Å². The molecule has 1 amide bonds. The summed E-state index contributed by atoms with van der Waals surface area (Å²) in [6.07, 6.45) is 4.43. The SMILES string of the molecule is CC(CCBr)NC(=O)C1CCCC1(C)C. The molecule has 0 aromatic heterocycles. The van der Waals surface area contributed by atoms with E-state index >= 15 is 0 Å². The molecule has 0 aromatic rings. The molecular weight excluding hydrogens is 254 g/mol. The van der Waals surface area contributed by atoms with Crippen molar-refractivity contribution in [1.29, 1.82) is 0 Å². The van der Waals surface area contributed by atoms with E-state index < -0.39 is 0 Å². The molecule has 0 aliphatic heterocycles. The monoisotopic (exact) mass is 275 g/mol. The second-order valence-electron chi connectivity index (χ2n) is 5.32. The molecule has 1 rings (SSSR count). The predicted octanol–water partition coefficient (Wildman–Crippen LogP) is 3.10. The van der Waals surface area contributed by atoms with Gasteiger partial charge < -0.3 is 5.32 Å². The minimum atomic E-state index is 0.193. The molecule has 15 heavy (non-hydrogen) atoms. The molecule has 1 N–H and O–H groups in total. The van der Waals surface area contributed by atoms with Crippen LogP contribution in [0.1, 0.15) is 46.5 Å². The lowest BCUT2D eigenvalue weighted by atomic mass is 9.81. The molecule has 3 heteroatoms. The topological polar surface area (TPSA) is 29.1 Å². The van der Waals surface area contributed by atoms with Gasteiger partial charge in [-0.25, -0.2) is 0 Å². The molecule has 0 bridgehead atoms. The highest BCUT2D eigenvalue weighted by molar-refractivity contribution is 9.09. The first kappa shape index (κ1) is 13.0. The zero-order valence-electron chi connectivity index (χ0n) is 9.98. The Bertz CT molecular complexity index is 228. The largest absolute Gasteiger partial charge is 0.353 e. The van der Waals surface area contributed by atoms with E-state index in [2.05, 4.69) is 42.0 Å². The lowest BCUT2D eigenvalue weighted by Crippen LogP contribution is -2.40. The van der Waals surface area contributed by atoms with Crippen molar-refractivity contribution in [2.45, 2.75) is 52.5 Å². The van der Waals surface area contributed by atoms with Gasteiger partial charge in [0.1, 0.15) is 0 Å². The number of alkyl halides is 1. The minimum absolute atomic E-state index is 0.193. The summed E-state index contributed by atoms with van der Waals surface area (Å²) in [7, 11) is 0. The van der Waals surface area contributed by atoms with E-state index in [-0.39, 0.29) is 23.3 Å². The van der Waals surface area contributed by atoms with Crippen molar-refractivity contribution < 1.29 is 4.79 Å². The lowest BCUT2D eigenvalue weighted by Gasteiger charge is -2.27. The highest BCUT2D eigenvalue weighted by Crippen LogP contribution is 2.42. The summed E-state index contributed by atoms with van der Waals surface area (Å²) in [4.78, 5) is 12.0. The smallest absolute Gasteiger partial charge is 0.223 e. The second kappa shape index (κ2) is 5.33. The Morgan fingerprint density at radius 3 is 2.73 bits per heavy atom. The van der Waals surface area contributed by atoms with Gasteiger partial charge in [-0.3, -0.25) is 4.79 Å². The lowest BCUT2D eigenvalue weighted by molar-refractivity contribution is -0.128. The summed E-state index contributed by atoms with van der Waals surface area (Å²) in [5.41, 5.74) is 0.193. The van der Waals surface area contributed by atoms with Crippen LogP contribution in [0.2, 0.25) is 0 Å². The predicted molar refractivity (Wildman–Crippen MR) is 67.1 cm³/mol. The molecule has 0 saturated heterocycles. The van der Waals surface area contributed by atoms with Crippen LogP contribution in [0.5, 0.6) is 0 Å². The normalized spacial score (nSPS) is 26.3. The van der Waals surface area contributed by atoms with Gasteiger partial charge in [-0.1, -0.05) is 36.2 Å². The molecule has 2 atom stereocenters. The third-order valence-electron chi connectivity index (χ3n) is 3.50. The van der Waals surface area contributed by atoms with Crippen LogP contribution in [-0.4, -0.2) is 17.3 Å². The molecule has 88 valence electrons. The number of hydrogen-bond donors (Lipinski definition) is 1. The zero-order valence-corrected chi connectivity index (χ0v) is 11.6. The molecule has 2 unspecified atom stereocenters. The first-order chi connectivity index (χ1) is 6.97. The maximum atomic E-state index is 12.0. The van der Waals surface area contributed by atoms with Gasteiger partial charge in [-0.05, 0) is 31.6 Å². The molecule has 1 aliphatic rings. The first-order valence-corrected chi connectivity index (χ1v) is 6.96. The van der Waals surface area contributed by atoms with Crippen molar-refractivity contribution in [3.63, 3.8) is 0 Å². The number of hydrogen-bond acceptors (Lipinski definition) is 1. The van der Waals surface area contributed by atoms with Gasteiger partial charge in [-0.2, -0.15) is 0 Å². The Labute approximate surface area is 101 Å². The van der Waals surface area contributed by atoms with E-state index in [0.717, 1.165) is 18.2 Å². The third kappa shape index (κ3) is 3.47. The van der Waals surface area contributed by atoms with E-state index in [0.29, 0.717) is 0 Å². The van der Waals surface area contributed by atoms with Crippen molar-refractivity contribution in [3.8, 4) is 0 Å². The molecule has 0 spiro atoms. The number of nitrogens with one attached hydrogen (secondary N) is 1. The highest BCUT2D eigenvalue weighted by Gasteiger charge is 2.39. The van der Waals surface area contributed by atoms with Gasteiger partial charge >= 0.3 is 0 Å². The van der Waals surface area contributed by atoms with Gasteiger partial charge in [0.2, 0.25) is 5.91 Å². The van der Waals surface area contributed by atoms with Gasteiger partial charge in [0.15, 0.2) is 0 Å². The molecular formula is C12H22BrNO. The van der Waals surface area contributed by atoms with Crippen LogP contribution in [0.25, 0.3) is 0 Å². The van der Waals surface area contributed by atoms with Crippen LogP contribution < -0.4 is 5.32 Å². The Morgan fingerprint density at radius 2 is 2.27 bits per heavy atom. The average Bonchev–Trinajstić information content (AvgIpc) is 2.45. The van der Waals surface area contributed by atoms with E-state index in [4.69, 9.17) is 0 Å². The summed E-state index contributed by atoms with van der Waals surface area (Å²) in [6.45, 7) is 6.49. The van der Waals surface area contributed by atoms with E-state index in [1.54, 1.807) is 0 Å². The Balaban J connectivity index is 2.46. The van der Waals surface area contributed by atoms with Crippen molar-refractivity contribution in [1.82, 2.24) is 5.32 Å². The van der Waals surface area contributed by atoms with Crippen LogP contribution in [0.15, 0.2) is 0 Å². The van der Waals surface area contributed by atoms with Crippen LogP contribution >= 0.6 is 15.9 Å². The number of carbonyl (C=O) groups excluding carboxylic acids is 1. The van der Waals surface area contributed by atoms with Gasteiger partial charge in [0.05, 0.1) is 0 Å². The summed E-state index contributed by atoms with van der Waals surface area (Å²) in [6, 6.07) is 0.285. The third-order valence-corrected chi connectivity index (χ3v) is 3.96. The van der Waals surface area contributed by atoms with E-state index in [1.165, 1.54) is 12.8 Å². The molecule has 2 nitrogen and oxygen atoms in total. The number of amides is 1. The number of halogens is 1. The van der Waals surface area contributed by atoms with Crippen molar-refractivity contribution >= 4 is 21.8 Å². The van der Waals surface area contributed by atoms with Crippen LogP contribution in [0, 0.1) is 11.3 Å². The molecule has 1 fully saturated rings.